The van der Waals surface area contributed by atoms with Crippen molar-refractivity contribution >= 4 is 45.6 Å². The van der Waals surface area contributed by atoms with Gasteiger partial charge in [-0.05, 0) is 20.8 Å². The summed E-state index contributed by atoms with van der Waals surface area (Å²) in [6, 6.07) is 15.3. The normalized spacial score (nSPS) is 14.0. The van der Waals surface area contributed by atoms with Crippen LogP contribution in [0.1, 0.15) is 50.1 Å². The predicted molar refractivity (Wildman–Crippen MR) is 162 cm³/mol. The number of benzene rings is 2. The number of amides is 1. The molecule has 13 heteroatoms. The quantitative estimate of drug-likeness (QED) is 0.363. The number of anilines is 2. The summed E-state index contributed by atoms with van der Waals surface area (Å²) in [7, 11) is 0. The van der Waals surface area contributed by atoms with Crippen molar-refractivity contribution in [3.63, 3.8) is 0 Å². The van der Waals surface area contributed by atoms with Crippen molar-refractivity contribution in [3.05, 3.63) is 77.1 Å². The minimum absolute atomic E-state index is 0.0320. The number of hydrogen-bond acceptors (Lipinski definition) is 7. The molecular formula is C31H37F3LiN5O4. The van der Waals surface area contributed by atoms with Crippen molar-refractivity contribution < 1.29 is 32.6 Å². The number of carboxylic acids is 1. The second kappa shape index (κ2) is 15.4. The first-order valence-corrected chi connectivity index (χ1v) is 14.3. The van der Waals surface area contributed by atoms with Gasteiger partial charge >= 0.3 is 164 Å². The van der Waals surface area contributed by atoms with Crippen LogP contribution in [0.15, 0.2) is 54.7 Å². The van der Waals surface area contributed by atoms with Crippen LogP contribution >= 0.6 is 0 Å². The fourth-order valence-electron chi connectivity index (χ4n) is 4.54. The Kier molecular flexibility index (Phi) is 12.2. The predicted octanol–water partition coefficient (Wildman–Crippen LogP) is 4.96. The van der Waals surface area contributed by atoms with Crippen molar-refractivity contribution in [1.82, 2.24) is 19.8 Å². The van der Waals surface area contributed by atoms with Crippen LogP contribution in [0.4, 0.5) is 29.6 Å². The molecule has 1 fully saturated rings. The van der Waals surface area contributed by atoms with E-state index in [-0.39, 0.29) is 24.2 Å². The first kappa shape index (κ1) is 34.9. The average Bonchev–Trinajstić information content (AvgIpc) is 2.92. The molecule has 1 aliphatic rings. The van der Waals surface area contributed by atoms with E-state index in [1.54, 1.807) is 4.90 Å². The van der Waals surface area contributed by atoms with E-state index in [0.717, 1.165) is 48.1 Å². The zero-order valence-electron chi connectivity index (χ0n) is 25.7. The van der Waals surface area contributed by atoms with E-state index in [2.05, 4.69) is 20.2 Å². The van der Waals surface area contributed by atoms with Gasteiger partial charge in [-0.25, -0.2) is 4.79 Å². The number of piperazine rings is 1. The van der Waals surface area contributed by atoms with Gasteiger partial charge in [0.2, 0.25) is 0 Å². The van der Waals surface area contributed by atoms with Gasteiger partial charge in [0.05, 0.1) is 0 Å². The van der Waals surface area contributed by atoms with Crippen LogP contribution in [-0.4, -0.2) is 86.4 Å². The van der Waals surface area contributed by atoms with Gasteiger partial charge in [-0.1, -0.05) is 0 Å². The van der Waals surface area contributed by atoms with Crippen molar-refractivity contribution in [3.8, 4) is 0 Å². The molecule has 0 atom stereocenters. The first-order valence-electron chi connectivity index (χ1n) is 14.3. The molecule has 1 amide bonds. The number of hydrogen-bond donors (Lipinski definition) is 2. The van der Waals surface area contributed by atoms with Gasteiger partial charge in [0, 0.05) is 39.6 Å². The molecule has 1 aromatic heterocycles. The molecule has 232 valence electrons. The summed E-state index contributed by atoms with van der Waals surface area (Å²) < 4.78 is 47.4. The van der Waals surface area contributed by atoms with Gasteiger partial charge in [0.25, 0.3) is 5.97 Å². The number of aliphatic carboxylic acids is 1. The summed E-state index contributed by atoms with van der Waals surface area (Å²) >= 11 is 1.95. The van der Waals surface area contributed by atoms with E-state index in [1.165, 1.54) is 0 Å². The van der Waals surface area contributed by atoms with Crippen LogP contribution in [-0.2, 0) is 35.1 Å². The second-order valence-corrected chi connectivity index (χ2v) is 11.6. The molecule has 0 bridgehead atoms. The zero-order chi connectivity index (χ0) is 32.5. The van der Waals surface area contributed by atoms with E-state index in [1.807, 2.05) is 87.0 Å². The third-order valence-corrected chi connectivity index (χ3v) is 6.71. The van der Waals surface area contributed by atoms with Gasteiger partial charge in [-0.3, -0.25) is 9.69 Å². The summed E-state index contributed by atoms with van der Waals surface area (Å²) in [5, 5.41) is 10.5. The van der Waals surface area contributed by atoms with E-state index < -0.39 is 23.3 Å². The molecule has 2 aromatic carbocycles. The molecule has 4 rings (SSSR count). The molecule has 3 aromatic rings. The summed E-state index contributed by atoms with van der Waals surface area (Å²) in [5.41, 5.74) is 1.40. The number of aryl methyl sites for hydroxylation is 2. The molecule has 9 nitrogen and oxygen atoms in total. The number of rotatable bonds is 7. The Balaban J connectivity index is 0.00000124. The molecule has 0 saturated carbocycles. The van der Waals surface area contributed by atoms with E-state index in [4.69, 9.17) is 14.6 Å². The molecule has 0 radical (unpaired) electrons. The Morgan fingerprint density at radius 2 is 1.61 bits per heavy atom. The van der Waals surface area contributed by atoms with Crippen molar-refractivity contribution in [2.75, 3.05) is 31.5 Å². The van der Waals surface area contributed by atoms with Gasteiger partial charge < -0.3 is 14.7 Å². The zero-order valence-corrected chi connectivity index (χ0v) is 25.7. The van der Waals surface area contributed by atoms with E-state index >= 15 is 0 Å². The van der Waals surface area contributed by atoms with Crippen LogP contribution < -0.4 is 9.55 Å². The monoisotopic (exact) mass is 607 g/mol. The Bertz CT molecular complexity index is 1400. The fourth-order valence-corrected chi connectivity index (χ4v) is 4.54. The molecule has 0 spiro atoms. The van der Waals surface area contributed by atoms with Crippen LogP contribution in [0, 0.1) is 0 Å². The Morgan fingerprint density at radius 1 is 1.00 bits per heavy atom. The maximum absolute atomic E-state index is 13.6. The molecule has 0 unspecified atom stereocenters. The molecule has 1 aliphatic heterocycles. The average molecular weight is 608 g/mol. The number of nitrogens with zero attached hydrogens (tertiary/aromatic N) is 4. The number of alkyl halides is 3. The summed E-state index contributed by atoms with van der Waals surface area (Å²) in [6.45, 7) is 10.1. The number of aromatic nitrogens is 2. The van der Waals surface area contributed by atoms with Crippen LogP contribution in [0.25, 0.3) is 0 Å². The number of carbonyl (C=O) groups is 2. The Hall–Kier alpha value is -3.59. The van der Waals surface area contributed by atoms with Crippen LogP contribution in [0.5, 0.6) is 0 Å². The summed E-state index contributed by atoms with van der Waals surface area (Å²) in [4.78, 5) is 33.5. The van der Waals surface area contributed by atoms with Crippen molar-refractivity contribution in [1.29, 1.82) is 0 Å². The number of halogens is 3. The summed E-state index contributed by atoms with van der Waals surface area (Å²) in [6.07, 6.45) is -3.36. The van der Waals surface area contributed by atoms with Crippen molar-refractivity contribution in [2.24, 2.45) is 0 Å². The molecule has 0 aliphatic carbocycles. The molecule has 2 N–H and O–H groups in total. The Morgan fingerprint density at radius 3 is 2.18 bits per heavy atom. The van der Waals surface area contributed by atoms with Gasteiger partial charge in [0.15, 0.2) is 0 Å². The van der Waals surface area contributed by atoms with Gasteiger partial charge in [-0.2, -0.15) is 0 Å². The number of nitrogens with one attached hydrogen (secondary N) is 1. The Labute approximate surface area is 265 Å². The SMILES string of the molecule is CC(=O)O.[Li][c]1ccccc1CCc1nc(Nc2ccc(CN3CCN(C(=O)OC(C)(C)C)CC3)cc2)ncc1C(F)(F)F. The minimum atomic E-state index is -4.53. The third kappa shape index (κ3) is 11.5. The van der Waals surface area contributed by atoms with Gasteiger partial charge in [0.1, 0.15) is 5.60 Å². The standard InChI is InChI=1S/C29H33F3N5O2.C2H4O2.Li/c1-28(2,3)39-27(38)37-17-15-36(16-18-37)20-22-9-12-23(13-10-22)34-26-33-19-24(29(30,31)32)25(35-26)14-11-21-7-5-4-6-8-21;1-2(3)4;/h4-7,9-10,12-13,19H,11,14-18,20H2,1-3H3,(H,33,34,35);1H3,(H,3,4);. The van der Waals surface area contributed by atoms with Crippen LogP contribution in [0.2, 0.25) is 0 Å². The summed E-state index contributed by atoms with van der Waals surface area (Å²) in [5.74, 6) is -0.709. The molecule has 44 heavy (non-hydrogen) atoms. The van der Waals surface area contributed by atoms with E-state index in [9.17, 15) is 18.0 Å². The molecule has 2 heterocycles. The second-order valence-electron chi connectivity index (χ2n) is 11.6. The van der Waals surface area contributed by atoms with Crippen LogP contribution in [0.3, 0.4) is 0 Å². The molecule has 1 saturated heterocycles. The molecular weight excluding hydrogens is 570 g/mol. The van der Waals surface area contributed by atoms with Gasteiger partial charge in [-0.15, -0.1) is 0 Å². The fraction of sp³-hybridized carbons (Fsp3) is 0.419. The number of carbonyl (C=O) groups excluding carboxylic acids is 1. The number of ether oxygens (including phenoxy) is 1. The first-order chi connectivity index (χ1) is 20.6. The number of carboxylic acid groups (broad SMARTS) is 1. The van der Waals surface area contributed by atoms with Crippen molar-refractivity contribution in [2.45, 2.75) is 58.9 Å². The maximum atomic E-state index is 13.6. The third-order valence-electron chi connectivity index (χ3n) is 6.71. The van der Waals surface area contributed by atoms with E-state index in [0.29, 0.717) is 25.2 Å². The topological polar surface area (TPSA) is 108 Å².